The number of hydrogen-bond acceptors (Lipinski definition) is 3. The second kappa shape index (κ2) is 4.11. The molecule has 0 aromatic carbocycles. The molecule has 0 amide bonds. The van der Waals surface area contributed by atoms with Crippen LogP contribution in [0.15, 0.2) is 0 Å². The number of ether oxygens (including phenoxy) is 1. The number of ketones is 1. The number of carbonyl (C=O) groups is 2. The van der Waals surface area contributed by atoms with Crippen molar-refractivity contribution in [3.63, 3.8) is 0 Å². The Labute approximate surface area is 83.8 Å². The maximum atomic E-state index is 11.6. The maximum absolute atomic E-state index is 11.6. The first-order valence-corrected chi connectivity index (χ1v) is 5.50. The predicted octanol–water partition coefficient (Wildman–Crippen LogP) is 1.84. The molecule has 2 aliphatic carbocycles. The van der Waals surface area contributed by atoms with Crippen LogP contribution in [0.5, 0.6) is 0 Å². The number of hydrogen-bond donors (Lipinski definition) is 0. The van der Waals surface area contributed by atoms with Gasteiger partial charge in [-0.3, -0.25) is 9.59 Å². The first kappa shape index (κ1) is 9.69. The Morgan fingerprint density at radius 3 is 2.43 bits per heavy atom. The molecule has 78 valence electrons. The summed E-state index contributed by atoms with van der Waals surface area (Å²) in [7, 11) is 0. The zero-order valence-corrected chi connectivity index (χ0v) is 8.33. The molecule has 0 saturated heterocycles. The molecule has 3 nitrogen and oxygen atoms in total. The van der Waals surface area contributed by atoms with Gasteiger partial charge in [0, 0.05) is 6.42 Å². The highest BCUT2D eigenvalue weighted by atomic mass is 16.5. The van der Waals surface area contributed by atoms with Crippen molar-refractivity contribution >= 4 is 11.8 Å². The lowest BCUT2D eigenvalue weighted by Gasteiger charge is -2.13. The van der Waals surface area contributed by atoms with Gasteiger partial charge in [-0.2, -0.15) is 0 Å². The van der Waals surface area contributed by atoms with Gasteiger partial charge in [0.1, 0.15) is 17.8 Å². The third kappa shape index (κ3) is 1.97. The lowest BCUT2D eigenvalue weighted by molar-refractivity contribution is -0.155. The van der Waals surface area contributed by atoms with Crippen molar-refractivity contribution in [2.24, 2.45) is 5.92 Å². The van der Waals surface area contributed by atoms with Crippen LogP contribution in [-0.4, -0.2) is 17.9 Å². The Hall–Kier alpha value is -0.860. The van der Waals surface area contributed by atoms with E-state index in [1.54, 1.807) is 0 Å². The van der Waals surface area contributed by atoms with Crippen molar-refractivity contribution in [2.45, 2.75) is 51.0 Å². The van der Waals surface area contributed by atoms with Crippen molar-refractivity contribution < 1.29 is 14.3 Å². The van der Waals surface area contributed by atoms with Crippen LogP contribution in [0.3, 0.4) is 0 Å². The summed E-state index contributed by atoms with van der Waals surface area (Å²) in [6, 6.07) is 0. The lowest BCUT2D eigenvalue weighted by Crippen LogP contribution is -2.25. The highest BCUT2D eigenvalue weighted by Crippen LogP contribution is 2.26. The van der Waals surface area contributed by atoms with E-state index in [2.05, 4.69) is 0 Å². The van der Waals surface area contributed by atoms with Crippen LogP contribution < -0.4 is 0 Å². The Morgan fingerprint density at radius 1 is 1.14 bits per heavy atom. The summed E-state index contributed by atoms with van der Waals surface area (Å²) in [5.41, 5.74) is 0. The Balaban J connectivity index is 1.85. The van der Waals surface area contributed by atoms with Gasteiger partial charge in [-0.25, -0.2) is 0 Å². The molecule has 0 unspecified atom stereocenters. The topological polar surface area (TPSA) is 43.4 Å². The summed E-state index contributed by atoms with van der Waals surface area (Å²) in [6.07, 6.45) is 6.46. The monoisotopic (exact) mass is 196 g/mol. The largest absolute Gasteiger partial charge is 0.462 e. The van der Waals surface area contributed by atoms with E-state index in [0.29, 0.717) is 12.8 Å². The zero-order valence-electron chi connectivity index (χ0n) is 8.33. The normalized spacial score (nSPS) is 28.3. The number of esters is 1. The number of Topliss-reactive ketones (excluding diaryl/α,β-unsaturated/α-hetero) is 1. The van der Waals surface area contributed by atoms with Gasteiger partial charge in [0.2, 0.25) is 0 Å². The Morgan fingerprint density at radius 2 is 1.86 bits per heavy atom. The zero-order chi connectivity index (χ0) is 9.97. The summed E-state index contributed by atoms with van der Waals surface area (Å²) in [4.78, 5) is 22.9. The second-order valence-electron chi connectivity index (χ2n) is 4.25. The van der Waals surface area contributed by atoms with E-state index < -0.39 is 5.92 Å². The Bertz CT molecular complexity index is 241. The standard InChI is InChI=1S/C11H16O3/c12-10-7-3-6-9(10)11(13)14-8-4-1-2-5-8/h8-9H,1-7H2/t9-/m0/s1. The molecular formula is C11H16O3. The molecule has 2 aliphatic rings. The number of rotatable bonds is 2. The van der Waals surface area contributed by atoms with Crippen molar-refractivity contribution in [3.05, 3.63) is 0 Å². The number of carbonyl (C=O) groups excluding carboxylic acids is 2. The molecule has 0 heterocycles. The highest BCUT2D eigenvalue weighted by molar-refractivity contribution is 6.00. The van der Waals surface area contributed by atoms with Crippen molar-refractivity contribution in [1.82, 2.24) is 0 Å². The van der Waals surface area contributed by atoms with E-state index in [4.69, 9.17) is 4.74 Å². The molecule has 0 N–H and O–H groups in total. The van der Waals surface area contributed by atoms with E-state index in [1.165, 1.54) is 0 Å². The molecule has 0 aliphatic heterocycles. The van der Waals surface area contributed by atoms with Gasteiger partial charge in [-0.15, -0.1) is 0 Å². The molecule has 2 saturated carbocycles. The van der Waals surface area contributed by atoms with Gasteiger partial charge in [0.05, 0.1) is 0 Å². The summed E-state index contributed by atoms with van der Waals surface area (Å²) >= 11 is 0. The minimum Gasteiger partial charge on any atom is -0.462 e. The van der Waals surface area contributed by atoms with Crippen LogP contribution in [0.1, 0.15) is 44.9 Å². The first-order valence-electron chi connectivity index (χ1n) is 5.50. The third-order valence-corrected chi connectivity index (χ3v) is 3.17. The van der Waals surface area contributed by atoms with Crippen molar-refractivity contribution in [3.8, 4) is 0 Å². The molecule has 0 bridgehead atoms. The molecule has 0 radical (unpaired) electrons. The van der Waals surface area contributed by atoms with Gasteiger partial charge < -0.3 is 4.74 Å². The molecular weight excluding hydrogens is 180 g/mol. The van der Waals surface area contributed by atoms with Crippen LogP contribution in [-0.2, 0) is 14.3 Å². The van der Waals surface area contributed by atoms with Crippen LogP contribution >= 0.6 is 0 Å². The van der Waals surface area contributed by atoms with Crippen LogP contribution in [0, 0.1) is 5.92 Å². The van der Waals surface area contributed by atoms with Gasteiger partial charge >= 0.3 is 5.97 Å². The highest BCUT2D eigenvalue weighted by Gasteiger charge is 2.34. The quantitative estimate of drug-likeness (QED) is 0.500. The third-order valence-electron chi connectivity index (χ3n) is 3.17. The molecule has 1 atom stereocenters. The van der Waals surface area contributed by atoms with Crippen LogP contribution in [0.4, 0.5) is 0 Å². The summed E-state index contributed by atoms with van der Waals surface area (Å²) < 4.78 is 5.31. The van der Waals surface area contributed by atoms with E-state index >= 15 is 0 Å². The van der Waals surface area contributed by atoms with Crippen molar-refractivity contribution in [2.75, 3.05) is 0 Å². The molecule has 0 aromatic rings. The molecule has 0 spiro atoms. The van der Waals surface area contributed by atoms with Crippen LogP contribution in [0.2, 0.25) is 0 Å². The predicted molar refractivity (Wildman–Crippen MR) is 50.7 cm³/mol. The molecule has 2 fully saturated rings. The van der Waals surface area contributed by atoms with Gasteiger partial charge in [-0.1, -0.05) is 0 Å². The molecule has 0 aromatic heterocycles. The van der Waals surface area contributed by atoms with E-state index in [1.807, 2.05) is 0 Å². The smallest absolute Gasteiger partial charge is 0.316 e. The van der Waals surface area contributed by atoms with E-state index in [-0.39, 0.29) is 17.9 Å². The minimum absolute atomic E-state index is 0.0768. The first-order chi connectivity index (χ1) is 6.77. The summed E-state index contributed by atoms with van der Waals surface area (Å²) in [6.45, 7) is 0. The average molecular weight is 196 g/mol. The average Bonchev–Trinajstić information content (AvgIpc) is 2.75. The SMILES string of the molecule is O=C1CCC[C@@H]1C(=O)OC1CCCC1. The minimum atomic E-state index is -0.435. The van der Waals surface area contributed by atoms with Gasteiger partial charge in [0.25, 0.3) is 0 Å². The second-order valence-corrected chi connectivity index (χ2v) is 4.25. The lowest BCUT2D eigenvalue weighted by atomic mass is 10.1. The van der Waals surface area contributed by atoms with Gasteiger partial charge in [0.15, 0.2) is 0 Å². The summed E-state index contributed by atoms with van der Waals surface area (Å²) in [5.74, 6) is -0.622. The van der Waals surface area contributed by atoms with E-state index in [9.17, 15) is 9.59 Å². The van der Waals surface area contributed by atoms with Crippen LogP contribution in [0.25, 0.3) is 0 Å². The molecule has 2 rings (SSSR count). The maximum Gasteiger partial charge on any atom is 0.316 e. The Kier molecular flexibility index (Phi) is 2.85. The summed E-state index contributed by atoms with van der Waals surface area (Å²) in [5, 5.41) is 0. The fourth-order valence-corrected chi connectivity index (χ4v) is 2.32. The van der Waals surface area contributed by atoms with Crippen molar-refractivity contribution in [1.29, 1.82) is 0 Å². The molecule has 14 heavy (non-hydrogen) atoms. The fraction of sp³-hybridized carbons (Fsp3) is 0.818. The van der Waals surface area contributed by atoms with Gasteiger partial charge in [-0.05, 0) is 38.5 Å². The van der Waals surface area contributed by atoms with E-state index in [0.717, 1.165) is 32.1 Å². The molecule has 3 heteroatoms. The fourth-order valence-electron chi connectivity index (χ4n) is 2.32.